The van der Waals surface area contributed by atoms with Crippen LogP contribution in [0.4, 0.5) is 5.69 Å². The molecular weight excluding hydrogens is 404 g/mol. The molecule has 3 rings (SSSR count). The van der Waals surface area contributed by atoms with Crippen LogP contribution in [0.1, 0.15) is 12.5 Å². The third kappa shape index (κ3) is 4.20. The van der Waals surface area contributed by atoms with E-state index >= 15 is 0 Å². The molecule has 0 aliphatic carbocycles. The Morgan fingerprint density at radius 1 is 1.36 bits per heavy atom. The number of amides is 1. The van der Waals surface area contributed by atoms with Crippen LogP contribution in [0, 0.1) is 0 Å². The van der Waals surface area contributed by atoms with E-state index in [1.54, 1.807) is 12.2 Å². The van der Waals surface area contributed by atoms with E-state index in [2.05, 4.69) is 4.89 Å². The van der Waals surface area contributed by atoms with Crippen LogP contribution < -0.4 is 9.64 Å². The van der Waals surface area contributed by atoms with Crippen LogP contribution in [0.15, 0.2) is 41.1 Å². The summed E-state index contributed by atoms with van der Waals surface area (Å²) in [6.45, 7) is 2.50. The van der Waals surface area contributed by atoms with Gasteiger partial charge in [0.15, 0.2) is 5.75 Å². The van der Waals surface area contributed by atoms with Gasteiger partial charge in [0.1, 0.15) is 17.5 Å². The number of anilines is 1. The molecule has 0 spiro atoms. The van der Waals surface area contributed by atoms with Gasteiger partial charge in [0.05, 0.1) is 17.7 Å². The quantitative estimate of drug-likeness (QED) is 0.308. The lowest BCUT2D eigenvalue weighted by Crippen LogP contribution is -2.33. The first-order valence-electron chi connectivity index (χ1n) is 8.36. The summed E-state index contributed by atoms with van der Waals surface area (Å²) in [5, 5.41) is 8.90. The third-order valence-corrected chi connectivity index (χ3v) is 5.39. The number of fused-ring (bicyclic) bond motifs is 1. The first-order chi connectivity index (χ1) is 13.4. The number of aliphatic carboxylic acids is 1. The Bertz CT molecular complexity index is 883. The Morgan fingerprint density at radius 3 is 2.82 bits per heavy atom. The van der Waals surface area contributed by atoms with E-state index < -0.39 is 18.4 Å². The number of benzene rings is 1. The Morgan fingerprint density at radius 2 is 2.14 bits per heavy atom. The fraction of sp³-hybridized carbons (Fsp3) is 0.278. The fourth-order valence-corrected chi connectivity index (χ4v) is 3.94. The number of carboxylic acid groups (broad SMARTS) is 1. The summed E-state index contributed by atoms with van der Waals surface area (Å²) in [5.74, 6) is -0.283. The van der Waals surface area contributed by atoms with Crippen molar-refractivity contribution in [3.8, 4) is 5.75 Å². The molecule has 8 nitrogen and oxygen atoms in total. The molecule has 10 heteroatoms. The molecule has 2 aliphatic heterocycles. The summed E-state index contributed by atoms with van der Waals surface area (Å²) in [6.07, 6.45) is 3.28. The van der Waals surface area contributed by atoms with Gasteiger partial charge in [-0.3, -0.25) is 14.5 Å². The lowest BCUT2D eigenvalue weighted by Gasteiger charge is -2.15. The number of hydrogen-bond donors (Lipinski definition) is 1. The molecule has 1 aromatic carbocycles. The van der Waals surface area contributed by atoms with Gasteiger partial charge in [0, 0.05) is 12.6 Å². The van der Waals surface area contributed by atoms with Gasteiger partial charge < -0.3 is 14.7 Å². The number of allylic oxidation sites excluding steroid dienone is 2. The number of thioether (sulfide) groups is 1. The minimum atomic E-state index is -1.11. The molecule has 1 N–H and O–H groups in total. The normalized spacial score (nSPS) is 18.9. The summed E-state index contributed by atoms with van der Waals surface area (Å²) in [7, 11) is 1.45. The Balaban J connectivity index is 1.81. The Labute approximate surface area is 171 Å². The Kier molecular flexibility index (Phi) is 6.35. The highest BCUT2D eigenvalue weighted by Gasteiger charge is 2.33. The number of nitrogens with zero attached hydrogens (tertiary/aromatic N) is 2. The van der Waals surface area contributed by atoms with Crippen LogP contribution >= 0.6 is 24.0 Å². The van der Waals surface area contributed by atoms with Crippen LogP contribution in [0.5, 0.6) is 5.75 Å². The minimum absolute atomic E-state index is 0.225. The summed E-state index contributed by atoms with van der Waals surface area (Å²) >= 11 is 6.16. The molecule has 0 aromatic heterocycles. The van der Waals surface area contributed by atoms with Crippen LogP contribution in [-0.4, -0.2) is 46.4 Å². The number of ether oxygens (including phenoxy) is 1. The van der Waals surface area contributed by atoms with E-state index in [9.17, 15) is 9.59 Å². The average molecular weight is 422 g/mol. The van der Waals surface area contributed by atoms with E-state index in [1.165, 1.54) is 7.11 Å². The van der Waals surface area contributed by atoms with Gasteiger partial charge in [0.2, 0.25) is 5.88 Å². The summed E-state index contributed by atoms with van der Waals surface area (Å²) in [4.78, 5) is 36.2. The van der Waals surface area contributed by atoms with Gasteiger partial charge in [-0.15, -0.1) is 0 Å². The zero-order valence-electron chi connectivity index (χ0n) is 15.2. The molecule has 1 fully saturated rings. The number of hydrogen-bond acceptors (Lipinski definition) is 8. The van der Waals surface area contributed by atoms with Crippen molar-refractivity contribution in [1.29, 1.82) is 0 Å². The van der Waals surface area contributed by atoms with Crippen molar-refractivity contribution in [2.45, 2.75) is 13.5 Å². The molecule has 0 bridgehead atoms. The second-order valence-corrected chi connectivity index (χ2v) is 7.44. The predicted molar refractivity (Wildman–Crippen MR) is 108 cm³/mol. The first-order valence-corrected chi connectivity index (χ1v) is 9.58. The molecule has 1 saturated heterocycles. The van der Waals surface area contributed by atoms with Crippen molar-refractivity contribution in [3.63, 3.8) is 0 Å². The summed E-state index contributed by atoms with van der Waals surface area (Å²) in [6, 6.07) is 5.68. The molecule has 0 unspecified atom stereocenters. The van der Waals surface area contributed by atoms with Crippen LogP contribution in [0.2, 0.25) is 0 Å². The third-order valence-electron chi connectivity index (χ3n) is 4.00. The molecule has 1 aromatic rings. The maximum Gasteiger partial charge on any atom is 0.323 e. The van der Waals surface area contributed by atoms with Gasteiger partial charge in [0.25, 0.3) is 5.91 Å². The maximum absolute atomic E-state index is 12.3. The highest BCUT2D eigenvalue weighted by Crippen LogP contribution is 2.40. The standard InChI is InChI=1S/C18H18N2O6S2/c1-3-19-12-8-11(10-25-24-2)4-5-13(12)26-15(19)7-6-14-17(23)20(9-16(21)22)18(27)28-14/h4-8H,3,9-10H2,1-2H3,(H,21,22)/b14-6+,15-7-. The largest absolute Gasteiger partial charge is 0.480 e. The van der Waals surface area contributed by atoms with Crippen LogP contribution in [0.3, 0.4) is 0 Å². The van der Waals surface area contributed by atoms with E-state index in [0.717, 1.165) is 27.9 Å². The monoisotopic (exact) mass is 422 g/mol. The van der Waals surface area contributed by atoms with Crippen molar-refractivity contribution in [2.75, 3.05) is 25.1 Å². The number of rotatable bonds is 7. The smallest absolute Gasteiger partial charge is 0.323 e. The van der Waals surface area contributed by atoms with Crippen LogP contribution in [0.25, 0.3) is 0 Å². The summed E-state index contributed by atoms with van der Waals surface area (Å²) in [5.41, 5.74) is 1.82. The van der Waals surface area contributed by atoms with E-state index in [0.29, 0.717) is 29.7 Å². The molecular formula is C18H18N2O6S2. The molecule has 2 aliphatic rings. The van der Waals surface area contributed by atoms with Crippen molar-refractivity contribution < 1.29 is 29.2 Å². The van der Waals surface area contributed by atoms with Gasteiger partial charge in [-0.05, 0) is 30.7 Å². The molecule has 0 atom stereocenters. The predicted octanol–water partition coefficient (Wildman–Crippen LogP) is 2.65. The first kappa shape index (κ1) is 20.3. The number of carboxylic acids is 1. The van der Waals surface area contributed by atoms with Crippen LogP contribution in [-0.2, 0) is 26.0 Å². The molecule has 28 heavy (non-hydrogen) atoms. The Hall–Kier alpha value is -2.40. The van der Waals surface area contributed by atoms with E-state index in [4.69, 9.17) is 26.9 Å². The molecule has 0 radical (unpaired) electrons. The van der Waals surface area contributed by atoms with Crippen molar-refractivity contribution in [1.82, 2.24) is 4.90 Å². The van der Waals surface area contributed by atoms with E-state index in [-0.39, 0.29) is 4.32 Å². The SMILES string of the molecule is CCN1/C(=C/C=C2/SC(=S)N(CC(=O)O)C2=O)Oc2ccc(COOC)cc21. The lowest BCUT2D eigenvalue weighted by molar-refractivity contribution is -0.282. The van der Waals surface area contributed by atoms with Gasteiger partial charge in [-0.25, -0.2) is 9.78 Å². The fourth-order valence-electron chi connectivity index (χ4n) is 2.75. The number of thiocarbonyl (C=S) groups is 1. The molecule has 148 valence electrons. The second kappa shape index (κ2) is 8.74. The van der Waals surface area contributed by atoms with Crippen molar-refractivity contribution in [3.05, 3.63) is 46.7 Å². The second-order valence-electron chi connectivity index (χ2n) is 5.77. The van der Waals surface area contributed by atoms with E-state index in [1.807, 2.05) is 30.0 Å². The number of carbonyl (C=O) groups excluding carboxylic acids is 1. The molecule has 0 saturated carbocycles. The van der Waals surface area contributed by atoms with Crippen molar-refractivity contribution >= 4 is 45.9 Å². The van der Waals surface area contributed by atoms with Gasteiger partial charge >= 0.3 is 5.97 Å². The molecule has 1 amide bonds. The summed E-state index contributed by atoms with van der Waals surface area (Å²) < 4.78 is 6.12. The lowest BCUT2D eigenvalue weighted by atomic mass is 10.2. The average Bonchev–Trinajstić information content (AvgIpc) is 3.15. The molecule has 2 heterocycles. The van der Waals surface area contributed by atoms with Gasteiger partial charge in [-0.2, -0.15) is 0 Å². The van der Waals surface area contributed by atoms with Gasteiger partial charge in [-0.1, -0.05) is 30.0 Å². The highest BCUT2D eigenvalue weighted by atomic mass is 32.2. The highest BCUT2D eigenvalue weighted by molar-refractivity contribution is 8.26. The zero-order valence-corrected chi connectivity index (χ0v) is 16.8. The topological polar surface area (TPSA) is 88.5 Å². The minimum Gasteiger partial charge on any atom is -0.480 e. The zero-order chi connectivity index (χ0) is 20.3. The number of carbonyl (C=O) groups is 2. The van der Waals surface area contributed by atoms with Crippen molar-refractivity contribution in [2.24, 2.45) is 0 Å². The maximum atomic E-state index is 12.3.